The lowest BCUT2D eigenvalue weighted by atomic mass is 10.0. The highest BCUT2D eigenvalue weighted by atomic mass is 127. The fraction of sp³-hybridized carbons (Fsp3) is 0.567. The maximum Gasteiger partial charge on any atom is 0.231 e. The van der Waals surface area contributed by atoms with Crippen molar-refractivity contribution in [3.63, 3.8) is 0 Å². The molecule has 2 aromatic rings. The molecule has 2 aromatic carbocycles. The maximum absolute atomic E-state index is 11.7. The summed E-state index contributed by atoms with van der Waals surface area (Å²) >= 11 is 2.25. The van der Waals surface area contributed by atoms with E-state index in [2.05, 4.69) is 61.6 Å². The summed E-state index contributed by atoms with van der Waals surface area (Å²) in [5.74, 6) is 0.463. The van der Waals surface area contributed by atoms with Crippen LogP contribution in [-0.4, -0.2) is 63.2 Å². The monoisotopic (exact) mass is 699 g/mol. The van der Waals surface area contributed by atoms with E-state index in [1.807, 2.05) is 56.3 Å². The highest BCUT2D eigenvalue weighted by Gasteiger charge is 2.47. The average molecular weight is 700 g/mol. The number of rotatable bonds is 12. The number of hydrogen-bond acceptors (Lipinski definition) is 9. The van der Waals surface area contributed by atoms with Crippen LogP contribution in [0.5, 0.6) is 11.5 Å². The Morgan fingerprint density at radius 1 is 1.10 bits per heavy atom. The van der Waals surface area contributed by atoms with Gasteiger partial charge in [-0.2, -0.15) is 0 Å². The van der Waals surface area contributed by atoms with Crippen molar-refractivity contribution in [3.8, 4) is 11.5 Å². The predicted octanol–water partition coefficient (Wildman–Crippen LogP) is 6.01. The van der Waals surface area contributed by atoms with Crippen molar-refractivity contribution in [2.24, 2.45) is 5.16 Å². The molecule has 0 aliphatic carbocycles. The molecule has 0 saturated carbocycles. The first-order valence-electron chi connectivity index (χ1n) is 13.8. The van der Waals surface area contributed by atoms with Gasteiger partial charge in [-0.25, -0.2) is 0 Å². The fourth-order valence-corrected chi connectivity index (χ4v) is 5.82. The van der Waals surface area contributed by atoms with E-state index in [1.54, 1.807) is 0 Å². The van der Waals surface area contributed by atoms with Crippen molar-refractivity contribution in [3.05, 3.63) is 57.2 Å². The molecular weight excluding hydrogens is 657 g/mol. The van der Waals surface area contributed by atoms with Gasteiger partial charge in [0, 0.05) is 3.57 Å². The summed E-state index contributed by atoms with van der Waals surface area (Å²) in [4.78, 5) is 5.50. The number of hydrogen-bond donors (Lipinski definition) is 1. The second-order valence-corrected chi connectivity index (χ2v) is 18.3. The minimum Gasteiger partial charge on any atom is -0.454 e. The van der Waals surface area contributed by atoms with Crippen LogP contribution >= 0.6 is 22.6 Å². The molecule has 0 bridgehead atoms. The van der Waals surface area contributed by atoms with Gasteiger partial charge in [0.25, 0.3) is 0 Å². The summed E-state index contributed by atoms with van der Waals surface area (Å²) in [6.45, 7) is 15.5. The summed E-state index contributed by atoms with van der Waals surface area (Å²) in [6, 6.07) is 13.6. The van der Waals surface area contributed by atoms with Gasteiger partial charge in [0.15, 0.2) is 25.6 Å². The normalized spacial score (nSPS) is 21.8. The van der Waals surface area contributed by atoms with E-state index in [0.29, 0.717) is 18.1 Å². The van der Waals surface area contributed by atoms with Gasteiger partial charge in [0.2, 0.25) is 6.79 Å². The molecular formula is C30H42INO8Si. The van der Waals surface area contributed by atoms with Gasteiger partial charge in [-0.15, -0.1) is 0 Å². The van der Waals surface area contributed by atoms with Crippen LogP contribution in [0.25, 0.3) is 0 Å². The molecule has 2 heterocycles. The molecule has 41 heavy (non-hydrogen) atoms. The third-order valence-corrected chi connectivity index (χ3v) is 13.2. The summed E-state index contributed by atoms with van der Waals surface area (Å²) in [5, 5.41) is 15.8. The van der Waals surface area contributed by atoms with E-state index in [9.17, 15) is 5.11 Å². The first-order chi connectivity index (χ1) is 19.3. The van der Waals surface area contributed by atoms with Crippen molar-refractivity contribution in [2.45, 2.75) is 96.2 Å². The van der Waals surface area contributed by atoms with Gasteiger partial charge in [-0.1, -0.05) is 56.3 Å². The zero-order valence-electron chi connectivity index (χ0n) is 24.9. The molecule has 0 radical (unpaired) electrons. The third-order valence-electron chi connectivity index (χ3n) is 7.65. The van der Waals surface area contributed by atoms with Crippen molar-refractivity contribution >= 4 is 37.1 Å². The number of ether oxygens (including phenoxy) is 5. The van der Waals surface area contributed by atoms with E-state index in [-0.39, 0.29) is 25.0 Å². The number of benzene rings is 2. The molecule has 2 aliphatic rings. The highest BCUT2D eigenvalue weighted by Crippen LogP contribution is 2.38. The smallest absolute Gasteiger partial charge is 0.231 e. The van der Waals surface area contributed by atoms with Crippen LogP contribution in [0.15, 0.2) is 47.6 Å². The Morgan fingerprint density at radius 3 is 2.46 bits per heavy atom. The van der Waals surface area contributed by atoms with Crippen LogP contribution in [-0.2, 0) is 36.7 Å². The summed E-state index contributed by atoms with van der Waals surface area (Å²) in [5.41, 5.74) is 1.93. The fourth-order valence-electron chi connectivity index (χ4n) is 4.22. The first kappa shape index (κ1) is 32.2. The molecule has 0 amide bonds. The van der Waals surface area contributed by atoms with Gasteiger partial charge in [-0.3, -0.25) is 0 Å². The molecule has 2 aliphatic heterocycles. The maximum atomic E-state index is 11.7. The second-order valence-electron chi connectivity index (χ2n) is 12.3. The van der Waals surface area contributed by atoms with Crippen molar-refractivity contribution < 1.29 is 38.1 Å². The third kappa shape index (κ3) is 8.43. The molecule has 0 unspecified atom stereocenters. The van der Waals surface area contributed by atoms with Crippen LogP contribution in [0, 0.1) is 3.57 Å². The van der Waals surface area contributed by atoms with E-state index in [1.165, 1.54) is 6.21 Å². The number of oxime groups is 1. The Kier molecular flexibility index (Phi) is 10.4. The molecule has 1 N–H and O–H groups in total. The van der Waals surface area contributed by atoms with E-state index in [4.69, 9.17) is 32.9 Å². The number of aliphatic hydroxyl groups excluding tert-OH is 1. The Hall–Kier alpha value is -1.74. The molecule has 226 valence electrons. The van der Waals surface area contributed by atoms with Crippen LogP contribution in [0.1, 0.15) is 45.7 Å². The number of halogens is 1. The van der Waals surface area contributed by atoms with Crippen molar-refractivity contribution in [2.75, 3.05) is 13.4 Å². The second kappa shape index (κ2) is 13.3. The van der Waals surface area contributed by atoms with E-state index >= 15 is 0 Å². The standard InChI is InChI=1S/C30H42INO8Si/c1-29(2,3)41(6,7)38-18-26(34-17-21-13-23-24(14-22(21)31)36-19-35-23)27(33)28-25(39-30(4,5)40-28)15-32-37-16-20-11-9-8-10-12-20/h8-15,25-28,33H,16-19H2,1-7H3/b32-15+/t25-,26+,27-,28-/m0/s1. The lowest BCUT2D eigenvalue weighted by Crippen LogP contribution is -2.50. The minimum atomic E-state index is -2.14. The molecule has 9 nitrogen and oxygen atoms in total. The molecule has 4 atom stereocenters. The van der Waals surface area contributed by atoms with Gasteiger partial charge < -0.3 is 38.1 Å². The first-order valence-corrected chi connectivity index (χ1v) is 17.8. The Labute approximate surface area is 257 Å². The van der Waals surface area contributed by atoms with Crippen LogP contribution in [0.2, 0.25) is 18.1 Å². The van der Waals surface area contributed by atoms with Crippen molar-refractivity contribution in [1.29, 1.82) is 0 Å². The van der Waals surface area contributed by atoms with Gasteiger partial charge >= 0.3 is 0 Å². The van der Waals surface area contributed by atoms with Crippen LogP contribution in [0.4, 0.5) is 0 Å². The Morgan fingerprint density at radius 2 is 1.78 bits per heavy atom. The van der Waals surface area contributed by atoms with Gasteiger partial charge in [0.05, 0.1) is 19.4 Å². The molecule has 4 rings (SSSR count). The van der Waals surface area contributed by atoms with Crippen LogP contribution < -0.4 is 9.47 Å². The zero-order valence-corrected chi connectivity index (χ0v) is 28.0. The van der Waals surface area contributed by atoms with E-state index in [0.717, 1.165) is 14.7 Å². The minimum absolute atomic E-state index is 0.00451. The Bertz CT molecular complexity index is 1190. The summed E-state index contributed by atoms with van der Waals surface area (Å²) in [6.07, 6.45) is -1.64. The van der Waals surface area contributed by atoms with Gasteiger partial charge in [0.1, 0.15) is 31.0 Å². The number of aliphatic hydroxyl groups is 1. The highest BCUT2D eigenvalue weighted by molar-refractivity contribution is 14.1. The summed E-state index contributed by atoms with van der Waals surface area (Å²) in [7, 11) is -2.14. The summed E-state index contributed by atoms with van der Waals surface area (Å²) < 4.78 is 37.2. The van der Waals surface area contributed by atoms with Gasteiger partial charge in [-0.05, 0) is 77.8 Å². The quantitative estimate of drug-likeness (QED) is 0.125. The molecule has 1 fully saturated rings. The topological polar surface area (TPSA) is 97.2 Å². The molecule has 0 spiro atoms. The van der Waals surface area contributed by atoms with E-state index < -0.39 is 38.5 Å². The predicted molar refractivity (Wildman–Crippen MR) is 167 cm³/mol. The molecule has 0 aromatic heterocycles. The van der Waals surface area contributed by atoms with Crippen LogP contribution in [0.3, 0.4) is 0 Å². The lowest BCUT2D eigenvalue weighted by molar-refractivity contribution is -0.169. The SMILES string of the molecule is CC1(C)O[C@H]([C@@H](O)[C@@H](CO[Si](C)(C)C(C)(C)C)OCc2cc3c(cc2I)OCO3)[C@H](/C=N/OCc2ccccc2)O1. The average Bonchev–Trinajstić information content (AvgIpc) is 3.48. The largest absolute Gasteiger partial charge is 0.454 e. The Balaban J connectivity index is 1.49. The number of fused-ring (bicyclic) bond motifs is 1. The van der Waals surface area contributed by atoms with Crippen molar-refractivity contribution in [1.82, 2.24) is 0 Å². The molecule has 11 heteroatoms. The number of nitrogens with zero attached hydrogens (tertiary/aromatic N) is 1. The molecule has 1 saturated heterocycles. The lowest BCUT2D eigenvalue weighted by Gasteiger charge is -2.38. The zero-order chi connectivity index (χ0) is 29.8.